The second-order valence-corrected chi connectivity index (χ2v) is 4.85. The fraction of sp³-hybridized carbons (Fsp3) is 0.500. The summed E-state index contributed by atoms with van der Waals surface area (Å²) < 4.78 is 0. The van der Waals surface area contributed by atoms with E-state index in [4.69, 9.17) is 11.0 Å². The minimum absolute atomic E-state index is 0.548. The number of nitriles is 1. The Labute approximate surface area is 109 Å². The molecule has 1 aliphatic rings. The number of hydrogen-bond acceptors (Lipinski definition) is 4. The Kier molecular flexibility index (Phi) is 4.06. The number of hydrogen-bond donors (Lipinski definition) is 1. The number of nitrogens with zero attached hydrogens (tertiary/aromatic N) is 3. The average molecular weight is 244 g/mol. The summed E-state index contributed by atoms with van der Waals surface area (Å²) in [4.78, 5) is 4.68. The van der Waals surface area contributed by atoms with E-state index in [-0.39, 0.29) is 0 Å². The van der Waals surface area contributed by atoms with Crippen molar-refractivity contribution in [2.45, 2.75) is 12.8 Å². The van der Waals surface area contributed by atoms with Crippen LogP contribution in [0.5, 0.6) is 0 Å². The minimum atomic E-state index is 0.548. The zero-order chi connectivity index (χ0) is 13.0. The molecule has 0 unspecified atom stereocenters. The van der Waals surface area contributed by atoms with Gasteiger partial charge in [-0.15, -0.1) is 0 Å². The monoisotopic (exact) mass is 244 g/mol. The molecule has 1 aromatic carbocycles. The van der Waals surface area contributed by atoms with E-state index < -0.39 is 0 Å². The number of benzene rings is 1. The smallest absolute Gasteiger partial charge is 0.101 e. The Morgan fingerprint density at radius 1 is 1.39 bits per heavy atom. The van der Waals surface area contributed by atoms with E-state index in [0.29, 0.717) is 11.3 Å². The van der Waals surface area contributed by atoms with Gasteiger partial charge in [-0.2, -0.15) is 5.26 Å². The lowest BCUT2D eigenvalue weighted by Gasteiger charge is -2.23. The van der Waals surface area contributed by atoms with E-state index in [9.17, 15) is 0 Å². The molecular formula is C14H20N4. The first-order valence-electron chi connectivity index (χ1n) is 6.44. The maximum atomic E-state index is 8.84. The van der Waals surface area contributed by atoms with Crippen LogP contribution in [0.15, 0.2) is 18.2 Å². The van der Waals surface area contributed by atoms with Crippen LogP contribution in [-0.4, -0.2) is 38.1 Å². The lowest BCUT2D eigenvalue weighted by molar-refractivity contribution is 0.346. The number of nitrogen functional groups attached to an aromatic ring is 1. The molecule has 0 atom stereocenters. The Morgan fingerprint density at radius 3 is 2.72 bits per heavy atom. The van der Waals surface area contributed by atoms with Crippen molar-refractivity contribution in [3.63, 3.8) is 0 Å². The predicted molar refractivity (Wildman–Crippen MR) is 74.5 cm³/mol. The molecule has 0 amide bonds. The first-order valence-corrected chi connectivity index (χ1v) is 6.44. The number of nitrogens with two attached hydrogens (primary N) is 1. The molecular weight excluding hydrogens is 224 g/mol. The molecule has 96 valence electrons. The molecule has 0 spiro atoms. The van der Waals surface area contributed by atoms with E-state index >= 15 is 0 Å². The largest absolute Gasteiger partial charge is 0.398 e. The summed E-state index contributed by atoms with van der Waals surface area (Å²) in [5.41, 5.74) is 8.01. The van der Waals surface area contributed by atoms with E-state index in [0.717, 1.165) is 18.8 Å². The topological polar surface area (TPSA) is 56.3 Å². The van der Waals surface area contributed by atoms with Crippen LogP contribution in [0.4, 0.5) is 11.4 Å². The van der Waals surface area contributed by atoms with Crippen molar-refractivity contribution in [1.82, 2.24) is 4.90 Å². The lowest BCUT2D eigenvalue weighted by atomic mass is 10.1. The Hall–Kier alpha value is -1.73. The van der Waals surface area contributed by atoms with Gasteiger partial charge in [-0.25, -0.2) is 0 Å². The molecule has 1 fully saturated rings. The van der Waals surface area contributed by atoms with Crippen LogP contribution >= 0.6 is 0 Å². The van der Waals surface area contributed by atoms with Gasteiger partial charge in [0, 0.05) is 25.8 Å². The number of anilines is 2. The molecule has 4 nitrogen and oxygen atoms in total. The molecule has 1 aliphatic heterocycles. The third-order valence-corrected chi connectivity index (χ3v) is 3.55. The van der Waals surface area contributed by atoms with Crippen LogP contribution in [0.25, 0.3) is 0 Å². The van der Waals surface area contributed by atoms with E-state index in [1.165, 1.54) is 25.9 Å². The third kappa shape index (κ3) is 2.93. The van der Waals surface area contributed by atoms with Gasteiger partial charge in [0.05, 0.1) is 11.3 Å². The molecule has 0 aliphatic carbocycles. The molecule has 0 radical (unpaired) electrons. The van der Waals surface area contributed by atoms with E-state index in [2.05, 4.69) is 22.9 Å². The van der Waals surface area contributed by atoms with Crippen LogP contribution < -0.4 is 10.6 Å². The highest BCUT2D eigenvalue weighted by Crippen LogP contribution is 2.20. The zero-order valence-corrected chi connectivity index (χ0v) is 10.9. The van der Waals surface area contributed by atoms with E-state index in [1.54, 1.807) is 6.07 Å². The Balaban J connectivity index is 1.93. The molecule has 2 rings (SSSR count). The molecule has 1 heterocycles. The molecule has 0 aromatic heterocycles. The van der Waals surface area contributed by atoms with Crippen molar-refractivity contribution >= 4 is 11.4 Å². The minimum Gasteiger partial charge on any atom is -0.398 e. The summed E-state index contributed by atoms with van der Waals surface area (Å²) in [6.45, 7) is 4.54. The quantitative estimate of drug-likeness (QED) is 0.819. The predicted octanol–water partition coefficient (Wildman–Crippen LogP) is 1.67. The van der Waals surface area contributed by atoms with Gasteiger partial charge in [-0.05, 0) is 44.1 Å². The highest BCUT2D eigenvalue weighted by molar-refractivity contribution is 5.63. The van der Waals surface area contributed by atoms with Gasteiger partial charge in [0.2, 0.25) is 0 Å². The van der Waals surface area contributed by atoms with Crippen molar-refractivity contribution in [2.75, 3.05) is 43.9 Å². The lowest BCUT2D eigenvalue weighted by Crippen LogP contribution is -2.31. The first-order chi connectivity index (χ1) is 8.70. The van der Waals surface area contributed by atoms with Gasteiger partial charge in [-0.3, -0.25) is 0 Å². The van der Waals surface area contributed by atoms with Crippen molar-refractivity contribution in [2.24, 2.45) is 0 Å². The summed E-state index contributed by atoms with van der Waals surface area (Å²) in [5, 5.41) is 8.84. The van der Waals surface area contributed by atoms with Gasteiger partial charge in [0.25, 0.3) is 0 Å². The molecule has 0 bridgehead atoms. The Morgan fingerprint density at radius 2 is 2.11 bits per heavy atom. The fourth-order valence-electron chi connectivity index (χ4n) is 2.32. The summed E-state index contributed by atoms with van der Waals surface area (Å²) in [6.07, 6.45) is 2.65. The van der Waals surface area contributed by atoms with Gasteiger partial charge < -0.3 is 15.5 Å². The van der Waals surface area contributed by atoms with Crippen LogP contribution in [0, 0.1) is 11.3 Å². The summed E-state index contributed by atoms with van der Waals surface area (Å²) in [5.74, 6) is 0. The summed E-state index contributed by atoms with van der Waals surface area (Å²) in [6, 6.07) is 7.71. The summed E-state index contributed by atoms with van der Waals surface area (Å²) in [7, 11) is 2.07. The van der Waals surface area contributed by atoms with Crippen molar-refractivity contribution in [3.8, 4) is 6.07 Å². The standard InChI is InChI=1S/C14H20N4/c1-17(8-9-18-6-2-3-7-18)13-5-4-12(11-15)14(16)10-13/h4-5,10H,2-3,6-9,16H2,1H3. The normalized spacial score (nSPS) is 15.6. The third-order valence-electron chi connectivity index (χ3n) is 3.55. The molecule has 18 heavy (non-hydrogen) atoms. The Bertz CT molecular complexity index is 444. The molecule has 4 heteroatoms. The SMILES string of the molecule is CN(CCN1CCCC1)c1ccc(C#N)c(N)c1. The number of likely N-dealkylation sites (tertiary alicyclic amines) is 1. The van der Waals surface area contributed by atoms with Crippen molar-refractivity contribution in [3.05, 3.63) is 23.8 Å². The zero-order valence-electron chi connectivity index (χ0n) is 10.9. The average Bonchev–Trinajstić information content (AvgIpc) is 2.89. The second-order valence-electron chi connectivity index (χ2n) is 4.85. The fourth-order valence-corrected chi connectivity index (χ4v) is 2.32. The molecule has 2 N–H and O–H groups in total. The molecule has 1 saturated heterocycles. The highest BCUT2D eigenvalue weighted by atomic mass is 15.2. The van der Waals surface area contributed by atoms with Gasteiger partial charge >= 0.3 is 0 Å². The van der Waals surface area contributed by atoms with Gasteiger partial charge in [0.15, 0.2) is 0 Å². The second kappa shape index (κ2) is 5.74. The highest BCUT2D eigenvalue weighted by Gasteiger charge is 2.12. The maximum absolute atomic E-state index is 8.84. The van der Waals surface area contributed by atoms with E-state index in [1.807, 2.05) is 12.1 Å². The first kappa shape index (κ1) is 12.7. The number of rotatable bonds is 4. The van der Waals surface area contributed by atoms with Gasteiger partial charge in [-0.1, -0.05) is 0 Å². The van der Waals surface area contributed by atoms with Gasteiger partial charge in [0.1, 0.15) is 6.07 Å². The number of likely N-dealkylation sites (N-methyl/N-ethyl adjacent to an activating group) is 1. The maximum Gasteiger partial charge on any atom is 0.101 e. The molecule has 1 aromatic rings. The van der Waals surface area contributed by atoms with Crippen molar-refractivity contribution < 1.29 is 0 Å². The van der Waals surface area contributed by atoms with Crippen LogP contribution in [0.2, 0.25) is 0 Å². The van der Waals surface area contributed by atoms with Crippen LogP contribution in [-0.2, 0) is 0 Å². The van der Waals surface area contributed by atoms with Crippen LogP contribution in [0.3, 0.4) is 0 Å². The molecule has 0 saturated carbocycles. The van der Waals surface area contributed by atoms with Crippen molar-refractivity contribution in [1.29, 1.82) is 5.26 Å². The summed E-state index contributed by atoms with van der Waals surface area (Å²) >= 11 is 0. The van der Waals surface area contributed by atoms with Crippen LogP contribution in [0.1, 0.15) is 18.4 Å².